The first-order valence-corrected chi connectivity index (χ1v) is 13.5. The van der Waals surface area contributed by atoms with E-state index in [1.54, 1.807) is 12.4 Å². The summed E-state index contributed by atoms with van der Waals surface area (Å²) in [5.41, 5.74) is 10.5. The molecule has 1 saturated heterocycles. The lowest BCUT2D eigenvalue weighted by molar-refractivity contribution is 0.182. The number of nitrogens with one attached hydrogen (secondary N) is 1. The summed E-state index contributed by atoms with van der Waals surface area (Å²) in [5.74, 6) is -0.0973. The molecule has 1 aromatic carbocycles. The molecular weight excluding hydrogens is 502 g/mol. The van der Waals surface area contributed by atoms with Gasteiger partial charge in [-0.15, -0.1) is 0 Å². The van der Waals surface area contributed by atoms with Gasteiger partial charge >= 0.3 is 0 Å². The fourth-order valence-corrected chi connectivity index (χ4v) is 5.74. The van der Waals surface area contributed by atoms with Gasteiger partial charge in [0.1, 0.15) is 28.5 Å². The topological polar surface area (TPSA) is 118 Å². The van der Waals surface area contributed by atoms with Gasteiger partial charge in [0.25, 0.3) is 0 Å². The maximum Gasteiger partial charge on any atom is 0.151 e. The van der Waals surface area contributed by atoms with E-state index in [-0.39, 0.29) is 18.2 Å². The Morgan fingerprint density at radius 1 is 1.03 bits per heavy atom. The van der Waals surface area contributed by atoms with E-state index in [2.05, 4.69) is 15.4 Å². The molecule has 9 nitrogen and oxygen atoms in total. The molecule has 0 spiro atoms. The van der Waals surface area contributed by atoms with Crippen molar-refractivity contribution in [1.29, 1.82) is 0 Å². The summed E-state index contributed by atoms with van der Waals surface area (Å²) in [7, 11) is 0. The number of anilines is 3. The third-order valence-electron chi connectivity index (χ3n) is 7.84. The minimum absolute atomic E-state index is 0.150. The second-order valence-electron chi connectivity index (χ2n) is 10.5. The average Bonchev–Trinajstić information content (AvgIpc) is 3.57. The molecule has 3 aromatic heterocycles. The number of hydrogen-bond donors (Lipinski definition) is 3. The highest BCUT2D eigenvalue weighted by Gasteiger charge is 2.26. The van der Waals surface area contributed by atoms with Gasteiger partial charge in [0, 0.05) is 54.4 Å². The first-order valence-electron chi connectivity index (χ1n) is 13.5. The van der Waals surface area contributed by atoms with E-state index in [0.29, 0.717) is 54.3 Å². The third-order valence-corrected chi connectivity index (χ3v) is 7.84. The van der Waals surface area contributed by atoms with Gasteiger partial charge in [-0.1, -0.05) is 6.92 Å². The molecule has 0 radical (unpaired) electrons. The number of fused-ring (bicyclic) bond motifs is 1. The molecule has 4 aromatic rings. The Balaban J connectivity index is 1.25. The van der Waals surface area contributed by atoms with Gasteiger partial charge in [0.05, 0.1) is 24.0 Å². The summed E-state index contributed by atoms with van der Waals surface area (Å²) in [4.78, 5) is 16.2. The van der Waals surface area contributed by atoms with Crippen LogP contribution in [0.25, 0.3) is 22.2 Å². The molecule has 1 aliphatic heterocycles. The van der Waals surface area contributed by atoms with E-state index in [1.807, 2.05) is 22.7 Å². The van der Waals surface area contributed by atoms with Crippen LogP contribution in [0, 0.1) is 11.6 Å². The van der Waals surface area contributed by atoms with Gasteiger partial charge in [0.15, 0.2) is 5.82 Å². The van der Waals surface area contributed by atoms with Crippen molar-refractivity contribution in [3.63, 3.8) is 0 Å². The summed E-state index contributed by atoms with van der Waals surface area (Å²) in [6.07, 6.45) is 9.84. The van der Waals surface area contributed by atoms with Crippen molar-refractivity contribution in [3.05, 3.63) is 54.1 Å². The smallest absolute Gasteiger partial charge is 0.151 e. The molecule has 0 bridgehead atoms. The van der Waals surface area contributed by atoms with E-state index in [0.717, 1.165) is 48.6 Å². The largest absolute Gasteiger partial charge is 0.393 e. The number of nitrogens with two attached hydrogens (primary N) is 1. The molecule has 39 heavy (non-hydrogen) atoms. The van der Waals surface area contributed by atoms with E-state index >= 15 is 0 Å². The molecule has 6 rings (SSSR count). The molecule has 1 saturated carbocycles. The van der Waals surface area contributed by atoms with Crippen molar-refractivity contribution in [2.45, 2.75) is 63.6 Å². The Labute approximate surface area is 225 Å². The molecule has 0 amide bonds. The van der Waals surface area contributed by atoms with Crippen LogP contribution in [-0.2, 0) is 6.42 Å². The summed E-state index contributed by atoms with van der Waals surface area (Å²) < 4.78 is 29.3. The van der Waals surface area contributed by atoms with Crippen LogP contribution in [0.3, 0.4) is 0 Å². The molecule has 2 fully saturated rings. The second-order valence-corrected chi connectivity index (χ2v) is 10.5. The molecule has 4 heterocycles. The van der Waals surface area contributed by atoms with Crippen molar-refractivity contribution in [2.24, 2.45) is 0 Å². The van der Waals surface area contributed by atoms with Crippen molar-refractivity contribution in [1.82, 2.24) is 24.7 Å². The number of halogens is 2. The number of aromatic nitrogens is 5. The van der Waals surface area contributed by atoms with Crippen molar-refractivity contribution < 1.29 is 13.9 Å². The fraction of sp³-hybridized carbons (Fsp3) is 0.429. The van der Waals surface area contributed by atoms with Gasteiger partial charge < -0.3 is 21.1 Å². The van der Waals surface area contributed by atoms with Crippen molar-refractivity contribution in [3.8, 4) is 11.1 Å². The molecule has 11 heteroatoms. The van der Waals surface area contributed by atoms with E-state index < -0.39 is 11.6 Å². The molecular formula is C28H32F2N8O. The number of aliphatic hydroxyl groups is 1. The normalized spacial score (nSPS) is 20.2. The highest BCUT2D eigenvalue weighted by molar-refractivity contribution is 5.96. The molecule has 2 atom stereocenters. The van der Waals surface area contributed by atoms with Crippen LogP contribution in [-0.4, -0.2) is 55.1 Å². The highest BCUT2D eigenvalue weighted by atomic mass is 19.1. The van der Waals surface area contributed by atoms with Crippen LogP contribution >= 0.6 is 0 Å². The van der Waals surface area contributed by atoms with Gasteiger partial charge in [0.2, 0.25) is 0 Å². The minimum Gasteiger partial charge on any atom is -0.393 e. The lowest BCUT2D eigenvalue weighted by Gasteiger charge is -2.33. The zero-order chi connectivity index (χ0) is 27.1. The van der Waals surface area contributed by atoms with Crippen LogP contribution in [0.5, 0.6) is 0 Å². The number of nitrogens with zero attached hydrogens (tertiary/aromatic N) is 6. The Kier molecular flexibility index (Phi) is 6.76. The zero-order valence-corrected chi connectivity index (χ0v) is 21.8. The molecule has 0 unspecified atom stereocenters. The molecule has 2 aliphatic rings. The number of pyridine rings is 1. The number of nitrogen functional groups attached to an aromatic ring is 1. The fourth-order valence-electron chi connectivity index (χ4n) is 5.74. The number of benzene rings is 1. The summed E-state index contributed by atoms with van der Waals surface area (Å²) in [5, 5.41) is 18.1. The second kappa shape index (κ2) is 10.4. The molecule has 204 valence electrons. The number of hydrogen-bond acceptors (Lipinski definition) is 8. The first-order chi connectivity index (χ1) is 18.9. The maximum atomic E-state index is 13.7. The molecule has 4 N–H and O–H groups in total. The zero-order valence-electron chi connectivity index (χ0n) is 21.8. The quantitative estimate of drug-likeness (QED) is 0.332. The van der Waals surface area contributed by atoms with E-state index in [9.17, 15) is 13.9 Å². The predicted octanol–water partition coefficient (Wildman–Crippen LogP) is 4.48. The van der Waals surface area contributed by atoms with Gasteiger partial charge in [-0.2, -0.15) is 5.10 Å². The van der Waals surface area contributed by atoms with Crippen LogP contribution in [0.4, 0.5) is 26.1 Å². The number of aryl methyl sites for hydroxylation is 1. The van der Waals surface area contributed by atoms with Crippen LogP contribution in [0.15, 0.2) is 36.8 Å². The number of aliphatic hydroxyl groups excluding tert-OH is 1. The van der Waals surface area contributed by atoms with Crippen LogP contribution in [0.2, 0.25) is 0 Å². The Morgan fingerprint density at radius 2 is 1.79 bits per heavy atom. The van der Waals surface area contributed by atoms with Crippen LogP contribution < -0.4 is 16.0 Å². The summed E-state index contributed by atoms with van der Waals surface area (Å²) in [6, 6.07) is 3.94. The maximum absolute atomic E-state index is 13.7. The molecule has 1 aliphatic carbocycles. The van der Waals surface area contributed by atoms with Crippen LogP contribution in [0.1, 0.15) is 50.8 Å². The minimum atomic E-state index is -0.568. The first kappa shape index (κ1) is 25.4. The Hall–Kier alpha value is -3.86. The summed E-state index contributed by atoms with van der Waals surface area (Å²) >= 11 is 0. The number of piperidine rings is 1. The lowest BCUT2D eigenvalue weighted by Crippen LogP contribution is -2.34. The SMILES string of the molecule is CCc1nc2c(N)ncc(-c3cnn(C4CCN(c5cc(F)cc(F)c5)CC4)c3)c2nc1N[C@@H]1CC[C@H](O)C1. The van der Waals surface area contributed by atoms with E-state index in [1.165, 1.54) is 12.1 Å². The number of rotatable bonds is 6. The summed E-state index contributed by atoms with van der Waals surface area (Å²) in [6.45, 7) is 3.37. The van der Waals surface area contributed by atoms with Crippen molar-refractivity contribution in [2.75, 3.05) is 29.0 Å². The highest BCUT2D eigenvalue weighted by Crippen LogP contribution is 2.33. The van der Waals surface area contributed by atoms with E-state index in [4.69, 9.17) is 15.7 Å². The average molecular weight is 535 g/mol. The van der Waals surface area contributed by atoms with Gasteiger partial charge in [-0.25, -0.2) is 23.7 Å². The van der Waals surface area contributed by atoms with Gasteiger partial charge in [-0.05, 0) is 50.7 Å². The Morgan fingerprint density at radius 3 is 2.49 bits per heavy atom. The van der Waals surface area contributed by atoms with Gasteiger partial charge in [-0.3, -0.25) is 4.68 Å². The van der Waals surface area contributed by atoms with Crippen molar-refractivity contribution >= 4 is 28.4 Å². The Bertz CT molecular complexity index is 1480. The predicted molar refractivity (Wildman–Crippen MR) is 146 cm³/mol. The monoisotopic (exact) mass is 534 g/mol. The third kappa shape index (κ3) is 5.10. The lowest BCUT2D eigenvalue weighted by atomic mass is 10.0. The standard InChI is InChI=1S/C28H32F2N8O/c1-2-24-28(34-19-3-4-22(39)12-19)36-25-23(14-32-27(31)26(25)35-24)16-13-33-38(15-16)20-5-7-37(8-6-20)21-10-17(29)9-18(30)11-21/h9-11,13-15,19-20,22,39H,2-8,12H2,1H3,(H2,31,32)(H,34,36)/t19-,22+/m1/s1.